The van der Waals surface area contributed by atoms with Gasteiger partial charge in [-0.15, -0.1) is 0 Å². The summed E-state index contributed by atoms with van der Waals surface area (Å²) >= 11 is 0. The number of hydrogen-bond acceptors (Lipinski definition) is 8. The molecule has 46 heavy (non-hydrogen) atoms. The van der Waals surface area contributed by atoms with Gasteiger partial charge in [0.1, 0.15) is 17.1 Å². The molecule has 8 heteroatoms. The Bertz CT molecular complexity index is 1110. The Kier molecular flexibility index (Phi) is 16.9. The van der Waals surface area contributed by atoms with Gasteiger partial charge in [0.15, 0.2) is 0 Å². The Morgan fingerprint density at radius 1 is 0.696 bits per heavy atom. The van der Waals surface area contributed by atoms with E-state index in [1.807, 2.05) is 0 Å². The first-order valence-electron chi connectivity index (χ1n) is 17.9. The first-order chi connectivity index (χ1) is 22.3. The van der Waals surface area contributed by atoms with Crippen LogP contribution in [0.5, 0.6) is 11.5 Å². The molecule has 0 atom stereocenters. The number of carbonyl (C=O) groups excluding carboxylic acids is 4. The van der Waals surface area contributed by atoms with Crippen molar-refractivity contribution in [2.45, 2.75) is 129 Å². The Morgan fingerprint density at radius 3 is 1.74 bits per heavy atom. The second-order valence-corrected chi connectivity index (χ2v) is 13.1. The highest BCUT2D eigenvalue weighted by molar-refractivity contribution is 5.94. The summed E-state index contributed by atoms with van der Waals surface area (Å²) < 4.78 is 22.0. The molecule has 0 saturated heterocycles. The smallest absolute Gasteiger partial charge is 0.342 e. The minimum Gasteiger partial charge on any atom is -0.463 e. The van der Waals surface area contributed by atoms with Crippen molar-refractivity contribution < 1.29 is 38.1 Å². The quantitative estimate of drug-likeness (QED) is 0.0639. The molecule has 2 aliphatic rings. The van der Waals surface area contributed by atoms with Gasteiger partial charge in [0.25, 0.3) is 0 Å². The van der Waals surface area contributed by atoms with Crippen molar-refractivity contribution >= 4 is 23.9 Å². The lowest BCUT2D eigenvalue weighted by Gasteiger charge is -2.27. The minimum absolute atomic E-state index is 0.0459. The summed E-state index contributed by atoms with van der Waals surface area (Å²) in [7, 11) is 0. The van der Waals surface area contributed by atoms with Crippen molar-refractivity contribution in [1.82, 2.24) is 0 Å². The molecular weight excluding hydrogens is 584 g/mol. The van der Waals surface area contributed by atoms with Gasteiger partial charge in [-0.3, -0.25) is 9.59 Å². The monoisotopic (exact) mass is 640 g/mol. The average Bonchev–Trinajstić information content (AvgIpc) is 3.07. The summed E-state index contributed by atoms with van der Waals surface area (Å²) in [5, 5.41) is 0. The number of esters is 4. The predicted molar refractivity (Wildman–Crippen MR) is 178 cm³/mol. The van der Waals surface area contributed by atoms with Crippen LogP contribution in [0, 0.1) is 23.7 Å². The maximum absolute atomic E-state index is 13.2. The lowest BCUT2D eigenvalue weighted by Crippen LogP contribution is -2.27. The number of rotatable bonds is 19. The van der Waals surface area contributed by atoms with Crippen LogP contribution in [0.2, 0.25) is 0 Å². The van der Waals surface area contributed by atoms with E-state index in [0.29, 0.717) is 24.7 Å². The fourth-order valence-corrected chi connectivity index (χ4v) is 6.63. The minimum atomic E-state index is -0.670. The van der Waals surface area contributed by atoms with E-state index >= 15 is 0 Å². The molecule has 256 valence electrons. The molecule has 0 amide bonds. The summed E-state index contributed by atoms with van der Waals surface area (Å²) in [6.45, 7) is 8.06. The Hall–Kier alpha value is -3.16. The van der Waals surface area contributed by atoms with E-state index in [-0.39, 0.29) is 54.1 Å². The third kappa shape index (κ3) is 12.9. The standard InChI is InChI=1S/C38H56O8/c1-4-7-9-13-28-15-19-30(20-16-28)36(40)45-32-23-24-34(33(27-32)38(42)44-26-12-11-25-43-35(39)6-3)46-37(41)31-21-17-29(18-22-31)14-10-8-5-2/h6,23-24,27-31H,3-5,7-22,25-26H2,1-2H3. The first-order valence-corrected chi connectivity index (χ1v) is 17.9. The average molecular weight is 641 g/mol. The predicted octanol–water partition coefficient (Wildman–Crippen LogP) is 8.94. The van der Waals surface area contributed by atoms with Crippen LogP contribution in [0.1, 0.15) is 140 Å². The molecule has 3 rings (SSSR count). The summed E-state index contributed by atoms with van der Waals surface area (Å²) in [5.74, 6) is -0.510. The third-order valence-electron chi connectivity index (χ3n) is 9.57. The van der Waals surface area contributed by atoms with E-state index in [4.69, 9.17) is 18.9 Å². The highest BCUT2D eigenvalue weighted by Crippen LogP contribution is 2.35. The van der Waals surface area contributed by atoms with Crippen molar-refractivity contribution in [3.05, 3.63) is 36.4 Å². The number of hydrogen-bond donors (Lipinski definition) is 0. The Labute approximate surface area is 276 Å². The summed E-state index contributed by atoms with van der Waals surface area (Å²) in [5.41, 5.74) is 0.0459. The lowest BCUT2D eigenvalue weighted by molar-refractivity contribution is -0.141. The Morgan fingerprint density at radius 2 is 1.22 bits per heavy atom. The highest BCUT2D eigenvalue weighted by atomic mass is 16.6. The fourth-order valence-electron chi connectivity index (χ4n) is 6.63. The first kappa shape index (κ1) is 37.3. The molecule has 1 aromatic carbocycles. The van der Waals surface area contributed by atoms with Gasteiger partial charge >= 0.3 is 23.9 Å². The van der Waals surface area contributed by atoms with E-state index in [1.165, 1.54) is 63.5 Å². The second-order valence-electron chi connectivity index (χ2n) is 13.1. The Balaban J connectivity index is 1.60. The number of ether oxygens (including phenoxy) is 4. The van der Waals surface area contributed by atoms with Crippen LogP contribution in [-0.2, 0) is 23.9 Å². The highest BCUT2D eigenvalue weighted by Gasteiger charge is 2.30. The number of carbonyl (C=O) groups is 4. The molecule has 2 saturated carbocycles. The van der Waals surface area contributed by atoms with E-state index in [0.717, 1.165) is 57.4 Å². The lowest BCUT2D eigenvalue weighted by atomic mass is 9.80. The van der Waals surface area contributed by atoms with Crippen molar-refractivity contribution in [1.29, 1.82) is 0 Å². The SMILES string of the molecule is C=CC(=O)OCCCCOC(=O)c1cc(OC(=O)C2CCC(CCCCC)CC2)ccc1OC(=O)C1CCC(CCCCC)CC1. The number of benzene rings is 1. The van der Waals surface area contributed by atoms with Gasteiger partial charge in [-0.25, -0.2) is 9.59 Å². The van der Waals surface area contributed by atoms with E-state index in [9.17, 15) is 19.2 Å². The van der Waals surface area contributed by atoms with Crippen molar-refractivity contribution in [2.75, 3.05) is 13.2 Å². The van der Waals surface area contributed by atoms with Crippen LogP contribution in [-0.4, -0.2) is 37.1 Å². The summed E-state index contributed by atoms with van der Waals surface area (Å²) in [6, 6.07) is 4.54. The topological polar surface area (TPSA) is 105 Å². The maximum atomic E-state index is 13.2. The van der Waals surface area contributed by atoms with Gasteiger partial charge in [0.05, 0.1) is 25.0 Å². The van der Waals surface area contributed by atoms with Crippen molar-refractivity contribution in [3.8, 4) is 11.5 Å². The van der Waals surface area contributed by atoms with Gasteiger partial charge in [0, 0.05) is 6.08 Å². The molecule has 0 spiro atoms. The van der Waals surface area contributed by atoms with Crippen LogP contribution in [0.3, 0.4) is 0 Å². The largest absolute Gasteiger partial charge is 0.463 e. The molecule has 2 fully saturated rings. The van der Waals surface area contributed by atoms with Gasteiger partial charge in [0.2, 0.25) is 0 Å². The molecule has 8 nitrogen and oxygen atoms in total. The molecule has 0 heterocycles. The molecule has 0 aromatic heterocycles. The normalized spacial score (nSPS) is 21.2. The van der Waals surface area contributed by atoms with Crippen LogP contribution in [0.25, 0.3) is 0 Å². The van der Waals surface area contributed by atoms with Gasteiger partial charge in [-0.2, -0.15) is 0 Å². The zero-order valence-electron chi connectivity index (χ0n) is 28.2. The van der Waals surface area contributed by atoms with Crippen molar-refractivity contribution in [2.24, 2.45) is 23.7 Å². The van der Waals surface area contributed by atoms with Crippen molar-refractivity contribution in [3.63, 3.8) is 0 Å². The van der Waals surface area contributed by atoms with Gasteiger partial charge in [-0.05, 0) is 94.2 Å². The molecule has 1 aromatic rings. The zero-order valence-corrected chi connectivity index (χ0v) is 28.2. The molecular formula is C38H56O8. The van der Waals surface area contributed by atoms with Crippen LogP contribution in [0.15, 0.2) is 30.9 Å². The fraction of sp³-hybridized carbons (Fsp3) is 0.684. The van der Waals surface area contributed by atoms with E-state index in [2.05, 4.69) is 20.4 Å². The third-order valence-corrected chi connectivity index (χ3v) is 9.57. The molecule has 0 radical (unpaired) electrons. The zero-order chi connectivity index (χ0) is 33.1. The van der Waals surface area contributed by atoms with E-state index < -0.39 is 11.9 Å². The van der Waals surface area contributed by atoms with Crippen LogP contribution >= 0.6 is 0 Å². The molecule has 0 aliphatic heterocycles. The van der Waals surface area contributed by atoms with Crippen LogP contribution < -0.4 is 9.47 Å². The number of unbranched alkanes of at least 4 members (excludes halogenated alkanes) is 5. The van der Waals surface area contributed by atoms with Crippen LogP contribution in [0.4, 0.5) is 0 Å². The summed E-state index contributed by atoms with van der Waals surface area (Å²) in [4.78, 5) is 50.7. The summed E-state index contributed by atoms with van der Waals surface area (Å²) in [6.07, 6.45) is 19.2. The molecule has 2 aliphatic carbocycles. The second kappa shape index (κ2) is 20.9. The van der Waals surface area contributed by atoms with Gasteiger partial charge in [-0.1, -0.05) is 71.8 Å². The maximum Gasteiger partial charge on any atom is 0.342 e. The van der Waals surface area contributed by atoms with Gasteiger partial charge < -0.3 is 18.9 Å². The molecule has 0 N–H and O–H groups in total. The molecule has 0 bridgehead atoms. The molecule has 0 unspecified atom stereocenters. The van der Waals surface area contributed by atoms with E-state index in [1.54, 1.807) is 6.07 Å².